The lowest BCUT2D eigenvalue weighted by Gasteiger charge is -2.46. The maximum absolute atomic E-state index is 12.5. The normalized spacial score (nSPS) is 29.0. The zero-order chi connectivity index (χ0) is 16.3. The molecule has 0 spiro atoms. The van der Waals surface area contributed by atoms with Gasteiger partial charge < -0.3 is 15.5 Å². The van der Waals surface area contributed by atoms with Gasteiger partial charge in [-0.3, -0.25) is 9.69 Å². The molecule has 1 aliphatic heterocycles. The van der Waals surface area contributed by atoms with E-state index in [1.54, 1.807) is 0 Å². The number of carbonyl (C=O) groups is 1. The van der Waals surface area contributed by atoms with Crippen LogP contribution < -0.4 is 5.32 Å². The molecule has 1 heterocycles. The third-order valence-electron chi connectivity index (χ3n) is 5.21. The number of piperidine rings is 1. The van der Waals surface area contributed by atoms with Crippen LogP contribution in [0.2, 0.25) is 0 Å². The third kappa shape index (κ3) is 3.74. The number of nitrogens with one attached hydrogen (secondary N) is 1. The van der Waals surface area contributed by atoms with Gasteiger partial charge in [0.05, 0.1) is 18.2 Å². The molecule has 1 aromatic carbocycles. The highest BCUT2D eigenvalue weighted by atomic mass is 16.3. The molecule has 0 radical (unpaired) electrons. The largest absolute Gasteiger partial charge is 0.396 e. The van der Waals surface area contributed by atoms with E-state index in [4.69, 9.17) is 0 Å². The average molecular weight is 318 g/mol. The molecule has 3 rings (SSSR count). The Hall–Kier alpha value is -1.43. The number of carbonyl (C=O) groups excluding carboxylic acids is 1. The first-order valence-electron chi connectivity index (χ1n) is 8.49. The summed E-state index contributed by atoms with van der Waals surface area (Å²) < 4.78 is 0. The Morgan fingerprint density at radius 2 is 1.87 bits per heavy atom. The van der Waals surface area contributed by atoms with Gasteiger partial charge in [-0.15, -0.1) is 0 Å². The number of hydrogen-bond acceptors (Lipinski definition) is 4. The molecule has 0 bridgehead atoms. The van der Waals surface area contributed by atoms with Crippen molar-refractivity contribution in [1.29, 1.82) is 0 Å². The van der Waals surface area contributed by atoms with Gasteiger partial charge in [-0.05, 0) is 37.4 Å². The summed E-state index contributed by atoms with van der Waals surface area (Å²) >= 11 is 0. The van der Waals surface area contributed by atoms with Crippen molar-refractivity contribution >= 4 is 5.91 Å². The SMILES string of the molecule is O=C(CN1CCC(CO)CC1)NC1(c2ccccc2)CC(O)C1. The second-order valence-corrected chi connectivity index (χ2v) is 6.96. The van der Waals surface area contributed by atoms with E-state index in [-0.39, 0.29) is 18.6 Å². The van der Waals surface area contributed by atoms with E-state index in [9.17, 15) is 15.0 Å². The highest BCUT2D eigenvalue weighted by Crippen LogP contribution is 2.41. The standard InChI is InChI=1S/C18H26N2O3/c21-13-14-6-8-20(9-7-14)12-17(23)19-18(10-16(22)11-18)15-4-2-1-3-5-15/h1-5,14,16,21-22H,6-13H2,(H,19,23). The van der Waals surface area contributed by atoms with Crippen LogP contribution in [0, 0.1) is 5.92 Å². The molecule has 0 unspecified atom stereocenters. The molecule has 5 heteroatoms. The van der Waals surface area contributed by atoms with E-state index in [1.165, 1.54) is 0 Å². The maximum Gasteiger partial charge on any atom is 0.234 e. The molecule has 5 nitrogen and oxygen atoms in total. The van der Waals surface area contributed by atoms with Crippen molar-refractivity contribution in [2.45, 2.75) is 37.3 Å². The minimum atomic E-state index is -0.415. The Balaban J connectivity index is 1.58. The summed E-state index contributed by atoms with van der Waals surface area (Å²) in [5, 5.41) is 22.1. The Bertz CT molecular complexity index is 520. The number of aliphatic hydroxyl groups excluding tert-OH is 2. The third-order valence-corrected chi connectivity index (χ3v) is 5.21. The number of likely N-dealkylation sites (tertiary alicyclic amines) is 1. The smallest absolute Gasteiger partial charge is 0.234 e. The van der Waals surface area contributed by atoms with E-state index in [0.717, 1.165) is 31.5 Å². The number of amides is 1. The van der Waals surface area contributed by atoms with E-state index in [0.29, 0.717) is 25.3 Å². The van der Waals surface area contributed by atoms with Crippen molar-refractivity contribution in [1.82, 2.24) is 10.2 Å². The van der Waals surface area contributed by atoms with Crippen LogP contribution >= 0.6 is 0 Å². The van der Waals surface area contributed by atoms with E-state index < -0.39 is 5.54 Å². The molecule has 0 aromatic heterocycles. The summed E-state index contributed by atoms with van der Waals surface area (Å²) in [6, 6.07) is 9.92. The Morgan fingerprint density at radius 1 is 1.22 bits per heavy atom. The van der Waals surface area contributed by atoms with E-state index in [1.807, 2.05) is 30.3 Å². The molecule has 1 amide bonds. The first-order chi connectivity index (χ1) is 11.1. The number of hydrogen-bond donors (Lipinski definition) is 3. The van der Waals surface area contributed by atoms with Crippen molar-refractivity contribution in [3.05, 3.63) is 35.9 Å². The molecule has 2 aliphatic rings. The molecule has 0 atom stereocenters. The average Bonchev–Trinajstić information content (AvgIpc) is 2.54. The van der Waals surface area contributed by atoms with Crippen LogP contribution in [0.15, 0.2) is 30.3 Å². The first kappa shape index (κ1) is 16.4. The second-order valence-electron chi connectivity index (χ2n) is 6.96. The van der Waals surface area contributed by atoms with E-state index in [2.05, 4.69) is 10.2 Å². The molecule has 1 saturated heterocycles. The molecular formula is C18H26N2O3. The number of benzene rings is 1. The quantitative estimate of drug-likeness (QED) is 0.753. The molecule has 126 valence electrons. The van der Waals surface area contributed by atoms with Gasteiger partial charge in [0.25, 0.3) is 0 Å². The van der Waals surface area contributed by atoms with Crippen molar-refractivity contribution in [3.8, 4) is 0 Å². The predicted octanol–water partition coefficient (Wildman–Crippen LogP) is 0.857. The molecule has 23 heavy (non-hydrogen) atoms. The van der Waals surface area contributed by atoms with Crippen LogP contribution in [0.1, 0.15) is 31.2 Å². The van der Waals surface area contributed by atoms with E-state index >= 15 is 0 Å². The minimum absolute atomic E-state index is 0.0169. The lowest BCUT2D eigenvalue weighted by Crippen LogP contribution is -2.58. The minimum Gasteiger partial charge on any atom is -0.396 e. The second kappa shape index (κ2) is 6.99. The van der Waals surface area contributed by atoms with Crippen molar-refractivity contribution in [2.75, 3.05) is 26.2 Å². The van der Waals surface area contributed by atoms with Gasteiger partial charge in [-0.2, -0.15) is 0 Å². The van der Waals surface area contributed by atoms with Gasteiger partial charge in [0.2, 0.25) is 5.91 Å². The van der Waals surface area contributed by atoms with Gasteiger partial charge >= 0.3 is 0 Å². The zero-order valence-electron chi connectivity index (χ0n) is 13.4. The molecule has 2 fully saturated rings. The lowest BCUT2D eigenvalue weighted by atomic mass is 9.69. The van der Waals surface area contributed by atoms with Crippen LogP contribution in [-0.4, -0.2) is 53.4 Å². The number of aliphatic hydroxyl groups is 2. The van der Waals surface area contributed by atoms with Crippen molar-refractivity contribution in [3.63, 3.8) is 0 Å². The first-order valence-corrected chi connectivity index (χ1v) is 8.49. The lowest BCUT2D eigenvalue weighted by molar-refractivity contribution is -0.128. The van der Waals surface area contributed by atoms with Crippen LogP contribution in [-0.2, 0) is 10.3 Å². The zero-order valence-corrected chi connectivity index (χ0v) is 13.4. The monoisotopic (exact) mass is 318 g/mol. The fraction of sp³-hybridized carbons (Fsp3) is 0.611. The van der Waals surface area contributed by atoms with Gasteiger partial charge in [0, 0.05) is 19.4 Å². The summed E-state index contributed by atoms with van der Waals surface area (Å²) in [6.45, 7) is 2.36. The summed E-state index contributed by atoms with van der Waals surface area (Å²) in [6.07, 6.45) is 2.72. The summed E-state index contributed by atoms with van der Waals surface area (Å²) in [7, 11) is 0. The Morgan fingerprint density at radius 3 is 2.43 bits per heavy atom. The van der Waals surface area contributed by atoms with Crippen LogP contribution in [0.25, 0.3) is 0 Å². The van der Waals surface area contributed by atoms with Crippen molar-refractivity contribution < 1.29 is 15.0 Å². The molecule has 3 N–H and O–H groups in total. The number of nitrogens with zero attached hydrogens (tertiary/aromatic N) is 1. The maximum atomic E-state index is 12.5. The fourth-order valence-electron chi connectivity index (χ4n) is 3.75. The number of rotatable bonds is 5. The van der Waals surface area contributed by atoms with Crippen LogP contribution in [0.5, 0.6) is 0 Å². The topological polar surface area (TPSA) is 72.8 Å². The predicted molar refractivity (Wildman–Crippen MR) is 87.8 cm³/mol. The van der Waals surface area contributed by atoms with Gasteiger partial charge in [-0.1, -0.05) is 30.3 Å². The van der Waals surface area contributed by atoms with Gasteiger partial charge in [0.15, 0.2) is 0 Å². The van der Waals surface area contributed by atoms with Crippen molar-refractivity contribution in [2.24, 2.45) is 5.92 Å². The molecular weight excluding hydrogens is 292 g/mol. The fourth-order valence-corrected chi connectivity index (χ4v) is 3.75. The Labute approximate surface area is 137 Å². The summed E-state index contributed by atoms with van der Waals surface area (Å²) in [4.78, 5) is 14.6. The van der Waals surface area contributed by atoms with Gasteiger partial charge in [0.1, 0.15) is 0 Å². The van der Waals surface area contributed by atoms with Crippen LogP contribution in [0.4, 0.5) is 0 Å². The summed E-state index contributed by atoms with van der Waals surface area (Å²) in [5.74, 6) is 0.398. The molecule has 1 aromatic rings. The highest BCUT2D eigenvalue weighted by molar-refractivity contribution is 5.79. The Kier molecular flexibility index (Phi) is 4.99. The van der Waals surface area contributed by atoms with Gasteiger partial charge in [-0.25, -0.2) is 0 Å². The van der Waals surface area contributed by atoms with Crippen LogP contribution in [0.3, 0.4) is 0 Å². The summed E-state index contributed by atoms with van der Waals surface area (Å²) in [5.41, 5.74) is 0.652. The molecule has 1 saturated carbocycles. The molecule has 1 aliphatic carbocycles. The highest BCUT2D eigenvalue weighted by Gasteiger charge is 2.46.